The molecule has 1 fully saturated rings. The van der Waals surface area contributed by atoms with Crippen molar-refractivity contribution in [3.8, 4) is 5.75 Å². The van der Waals surface area contributed by atoms with Crippen LogP contribution in [0.5, 0.6) is 5.75 Å². The number of guanidine groups is 1. The van der Waals surface area contributed by atoms with Crippen molar-refractivity contribution in [2.75, 3.05) is 51.3 Å². The molecule has 0 aliphatic carbocycles. The lowest BCUT2D eigenvalue weighted by molar-refractivity contribution is 0.372. The number of benzene rings is 1. The molecule has 2 aliphatic rings. The number of ether oxygens (including phenoxy) is 1. The Morgan fingerprint density at radius 2 is 1.91 bits per heavy atom. The van der Waals surface area contributed by atoms with Gasteiger partial charge in [0.05, 0.1) is 7.11 Å². The Kier molecular flexibility index (Phi) is 7.34. The highest BCUT2D eigenvalue weighted by Crippen LogP contribution is 2.20. The van der Waals surface area contributed by atoms with Gasteiger partial charge in [0.25, 0.3) is 0 Å². The summed E-state index contributed by atoms with van der Waals surface area (Å²) in [5.41, 5.74) is 1.26. The summed E-state index contributed by atoms with van der Waals surface area (Å²) >= 11 is 0. The lowest BCUT2D eigenvalue weighted by Crippen LogP contribution is -2.52. The van der Waals surface area contributed by atoms with E-state index < -0.39 is 0 Å². The molecule has 0 amide bonds. The summed E-state index contributed by atoms with van der Waals surface area (Å²) in [6, 6.07) is 8.25. The Bertz CT molecular complexity index is 956. The molecule has 9 heteroatoms. The quantitative estimate of drug-likeness (QED) is 0.399. The van der Waals surface area contributed by atoms with E-state index in [-0.39, 0.29) is 5.69 Å². The van der Waals surface area contributed by atoms with Gasteiger partial charge in [-0.3, -0.25) is 9.56 Å². The van der Waals surface area contributed by atoms with Crippen LogP contribution < -0.4 is 20.6 Å². The van der Waals surface area contributed by atoms with Crippen LogP contribution in [0.1, 0.15) is 32.0 Å². The summed E-state index contributed by atoms with van der Waals surface area (Å²) in [7, 11) is 1.69. The second-order valence-corrected chi connectivity index (χ2v) is 8.29. The first-order chi connectivity index (χ1) is 15.7. The van der Waals surface area contributed by atoms with Crippen LogP contribution in [-0.4, -0.2) is 71.6 Å². The van der Waals surface area contributed by atoms with Crippen LogP contribution in [-0.2, 0) is 19.5 Å². The monoisotopic (exact) mass is 441 g/mol. The van der Waals surface area contributed by atoms with E-state index in [1.54, 1.807) is 11.8 Å². The minimum atomic E-state index is 0.0326. The number of nitrogens with one attached hydrogen (secondary N) is 1. The van der Waals surface area contributed by atoms with Gasteiger partial charge in [-0.05, 0) is 50.5 Å². The molecule has 0 saturated carbocycles. The van der Waals surface area contributed by atoms with Gasteiger partial charge in [-0.1, -0.05) is 0 Å². The fraction of sp³-hybridized carbons (Fsp3) is 0.609. The molecule has 0 spiro atoms. The Morgan fingerprint density at radius 1 is 1.12 bits per heavy atom. The molecule has 0 radical (unpaired) electrons. The number of aliphatic imine (C=N–C) groups is 1. The first kappa shape index (κ1) is 22.2. The van der Waals surface area contributed by atoms with Gasteiger partial charge in [-0.25, -0.2) is 9.48 Å². The van der Waals surface area contributed by atoms with E-state index in [9.17, 15) is 4.79 Å². The standard InChI is InChI=1S/C23H35N7O2/c1-3-24-22(25-12-6-14-30-23(31)29-13-5-4-7-21(29)26-30)28-17-15-27(16-18-28)19-8-10-20(32-2)11-9-19/h8-11H,3-7,12-18H2,1-2H3,(H,24,25). The fourth-order valence-electron chi connectivity index (χ4n) is 4.39. The fourth-order valence-corrected chi connectivity index (χ4v) is 4.39. The van der Waals surface area contributed by atoms with E-state index in [0.717, 1.165) is 82.5 Å². The summed E-state index contributed by atoms with van der Waals surface area (Å²) in [6.45, 7) is 8.78. The van der Waals surface area contributed by atoms with Gasteiger partial charge in [0.2, 0.25) is 0 Å². The molecule has 0 unspecified atom stereocenters. The predicted octanol–water partition coefficient (Wildman–Crippen LogP) is 1.57. The van der Waals surface area contributed by atoms with Gasteiger partial charge in [0.15, 0.2) is 5.96 Å². The molecule has 1 aromatic heterocycles. The minimum Gasteiger partial charge on any atom is -0.497 e. The van der Waals surface area contributed by atoms with Crippen LogP contribution in [0.25, 0.3) is 0 Å². The maximum absolute atomic E-state index is 12.5. The topological polar surface area (TPSA) is 79.9 Å². The van der Waals surface area contributed by atoms with Crippen LogP contribution >= 0.6 is 0 Å². The molecule has 0 atom stereocenters. The van der Waals surface area contributed by atoms with Gasteiger partial charge in [-0.15, -0.1) is 0 Å². The molecule has 1 N–H and O–H groups in total. The smallest absolute Gasteiger partial charge is 0.345 e. The zero-order valence-electron chi connectivity index (χ0n) is 19.3. The zero-order chi connectivity index (χ0) is 22.3. The number of methoxy groups -OCH3 is 1. The number of hydrogen-bond donors (Lipinski definition) is 1. The highest BCUT2D eigenvalue weighted by atomic mass is 16.5. The summed E-state index contributed by atoms with van der Waals surface area (Å²) in [5, 5.41) is 7.94. The molecular formula is C23H35N7O2. The molecular weight excluding hydrogens is 406 g/mol. The third-order valence-electron chi connectivity index (χ3n) is 6.17. The number of piperazine rings is 1. The second-order valence-electron chi connectivity index (χ2n) is 8.29. The molecule has 4 rings (SSSR count). The first-order valence-electron chi connectivity index (χ1n) is 11.8. The second kappa shape index (κ2) is 10.6. The number of aromatic nitrogens is 3. The van der Waals surface area contributed by atoms with Crippen LogP contribution in [0.3, 0.4) is 0 Å². The average Bonchev–Trinajstić information content (AvgIpc) is 3.17. The normalized spacial score (nSPS) is 16.8. The summed E-state index contributed by atoms with van der Waals surface area (Å²) in [6.07, 6.45) is 3.91. The maximum Gasteiger partial charge on any atom is 0.345 e. The van der Waals surface area contributed by atoms with Gasteiger partial charge >= 0.3 is 5.69 Å². The molecule has 1 saturated heterocycles. The van der Waals surface area contributed by atoms with Crippen molar-refractivity contribution in [2.24, 2.45) is 4.99 Å². The Morgan fingerprint density at radius 3 is 2.59 bits per heavy atom. The first-order valence-corrected chi connectivity index (χ1v) is 11.8. The molecule has 32 heavy (non-hydrogen) atoms. The minimum absolute atomic E-state index is 0.0326. The van der Waals surface area contributed by atoms with Gasteiger partial charge < -0.3 is 19.9 Å². The SMILES string of the molecule is CCNC(=NCCCn1nc2n(c1=O)CCCC2)N1CCN(c2ccc(OC)cc2)CC1. The van der Waals surface area contributed by atoms with E-state index in [1.165, 1.54) is 5.69 Å². The van der Waals surface area contributed by atoms with Crippen LogP contribution in [0.15, 0.2) is 34.1 Å². The molecule has 174 valence electrons. The van der Waals surface area contributed by atoms with E-state index >= 15 is 0 Å². The molecule has 0 bridgehead atoms. The van der Waals surface area contributed by atoms with Gasteiger partial charge in [0, 0.05) is 64.5 Å². The van der Waals surface area contributed by atoms with Crippen molar-refractivity contribution in [3.05, 3.63) is 40.6 Å². The van der Waals surface area contributed by atoms with Crippen molar-refractivity contribution in [3.63, 3.8) is 0 Å². The van der Waals surface area contributed by atoms with Gasteiger partial charge in [-0.2, -0.15) is 5.10 Å². The van der Waals surface area contributed by atoms with Crippen molar-refractivity contribution < 1.29 is 4.74 Å². The van der Waals surface area contributed by atoms with E-state index in [0.29, 0.717) is 13.1 Å². The highest BCUT2D eigenvalue weighted by molar-refractivity contribution is 5.80. The number of fused-ring (bicyclic) bond motifs is 1. The Labute approximate surface area is 189 Å². The maximum atomic E-state index is 12.5. The molecule has 3 heterocycles. The van der Waals surface area contributed by atoms with Crippen molar-refractivity contribution in [1.29, 1.82) is 0 Å². The molecule has 2 aromatic rings. The predicted molar refractivity (Wildman–Crippen MR) is 127 cm³/mol. The number of aryl methyl sites for hydroxylation is 2. The number of rotatable bonds is 7. The molecule has 2 aliphatic heterocycles. The number of anilines is 1. The average molecular weight is 442 g/mol. The van der Waals surface area contributed by atoms with Crippen LogP contribution in [0.2, 0.25) is 0 Å². The van der Waals surface area contributed by atoms with Crippen LogP contribution in [0.4, 0.5) is 5.69 Å². The largest absolute Gasteiger partial charge is 0.497 e. The number of hydrogen-bond acceptors (Lipinski definition) is 5. The van der Waals surface area contributed by atoms with E-state index in [1.807, 2.05) is 16.7 Å². The zero-order valence-corrected chi connectivity index (χ0v) is 19.3. The van der Waals surface area contributed by atoms with Gasteiger partial charge in [0.1, 0.15) is 11.6 Å². The van der Waals surface area contributed by atoms with Crippen molar-refractivity contribution in [1.82, 2.24) is 24.6 Å². The Balaban J connectivity index is 1.29. The highest BCUT2D eigenvalue weighted by Gasteiger charge is 2.20. The lowest BCUT2D eigenvalue weighted by Gasteiger charge is -2.37. The van der Waals surface area contributed by atoms with Crippen molar-refractivity contribution >= 4 is 11.6 Å². The number of nitrogens with zero attached hydrogens (tertiary/aromatic N) is 6. The third kappa shape index (κ3) is 5.08. The van der Waals surface area contributed by atoms with Crippen LogP contribution in [0, 0.1) is 0 Å². The Hall–Kier alpha value is -2.97. The van der Waals surface area contributed by atoms with E-state index in [4.69, 9.17) is 9.73 Å². The third-order valence-corrected chi connectivity index (χ3v) is 6.17. The lowest BCUT2D eigenvalue weighted by atomic mass is 10.2. The van der Waals surface area contributed by atoms with E-state index in [2.05, 4.69) is 39.3 Å². The summed E-state index contributed by atoms with van der Waals surface area (Å²) in [5.74, 6) is 2.78. The molecule has 9 nitrogen and oxygen atoms in total. The summed E-state index contributed by atoms with van der Waals surface area (Å²) in [4.78, 5) is 22.0. The van der Waals surface area contributed by atoms with Crippen molar-refractivity contribution in [2.45, 2.75) is 45.7 Å². The summed E-state index contributed by atoms with van der Waals surface area (Å²) < 4.78 is 8.71. The molecule has 1 aromatic carbocycles.